The van der Waals surface area contributed by atoms with Gasteiger partial charge in [0.1, 0.15) is 0 Å². The lowest BCUT2D eigenvalue weighted by molar-refractivity contribution is -0.125. The molecule has 0 aliphatic heterocycles. The first-order valence-corrected chi connectivity index (χ1v) is 7.06. The Morgan fingerprint density at radius 1 is 1.22 bits per heavy atom. The maximum atomic E-state index is 12.1. The first-order chi connectivity index (χ1) is 8.72. The highest BCUT2D eigenvalue weighted by Crippen LogP contribution is 2.54. The van der Waals surface area contributed by atoms with Gasteiger partial charge in [0, 0.05) is 12.0 Å². The third-order valence-corrected chi connectivity index (χ3v) is 4.39. The number of nitrogens with one attached hydrogen (secondary N) is 1. The molecule has 3 rings (SSSR count). The first-order valence-electron chi connectivity index (χ1n) is 7.06. The van der Waals surface area contributed by atoms with Crippen LogP contribution < -0.4 is 5.32 Å². The average Bonchev–Trinajstić information content (AvgIpc) is 2.97. The van der Waals surface area contributed by atoms with Crippen molar-refractivity contribution < 1.29 is 4.79 Å². The summed E-state index contributed by atoms with van der Waals surface area (Å²) in [5.74, 6) is 2.34. The zero-order valence-corrected chi connectivity index (χ0v) is 10.9. The monoisotopic (exact) mass is 243 g/mol. The summed E-state index contributed by atoms with van der Waals surface area (Å²) in [5.41, 5.74) is 1.29. The highest BCUT2D eigenvalue weighted by molar-refractivity contribution is 5.79. The fraction of sp³-hybridized carbons (Fsp3) is 0.562. The zero-order valence-electron chi connectivity index (χ0n) is 10.9. The fourth-order valence-electron chi connectivity index (χ4n) is 3.31. The maximum Gasteiger partial charge on any atom is 0.223 e. The van der Waals surface area contributed by atoms with Crippen molar-refractivity contribution in [3.63, 3.8) is 0 Å². The molecular weight excluding hydrogens is 222 g/mol. The van der Waals surface area contributed by atoms with Gasteiger partial charge in [0.2, 0.25) is 5.91 Å². The SMILES string of the molecule is CC(Cc1ccccc1)NC(=O)C1CC2CC2C1. The molecule has 2 heteroatoms. The number of hydrogen-bond acceptors (Lipinski definition) is 1. The van der Waals surface area contributed by atoms with Crippen LogP contribution in [-0.2, 0) is 11.2 Å². The number of hydrogen-bond donors (Lipinski definition) is 1. The van der Waals surface area contributed by atoms with E-state index in [1.807, 2.05) is 18.2 Å². The minimum atomic E-state index is 0.233. The van der Waals surface area contributed by atoms with Gasteiger partial charge in [-0.3, -0.25) is 4.79 Å². The molecule has 0 spiro atoms. The van der Waals surface area contributed by atoms with Crippen molar-refractivity contribution in [2.24, 2.45) is 17.8 Å². The lowest BCUT2D eigenvalue weighted by atomic mass is 10.0. The third kappa shape index (κ3) is 2.58. The van der Waals surface area contributed by atoms with E-state index in [4.69, 9.17) is 0 Å². The van der Waals surface area contributed by atoms with Gasteiger partial charge in [-0.05, 0) is 50.0 Å². The molecule has 0 radical (unpaired) electrons. The molecule has 1 amide bonds. The molecule has 18 heavy (non-hydrogen) atoms. The summed E-state index contributed by atoms with van der Waals surface area (Å²) < 4.78 is 0. The van der Waals surface area contributed by atoms with Crippen molar-refractivity contribution in [2.75, 3.05) is 0 Å². The molecule has 2 aliphatic carbocycles. The van der Waals surface area contributed by atoms with Gasteiger partial charge in [-0.25, -0.2) is 0 Å². The van der Waals surface area contributed by atoms with Gasteiger partial charge < -0.3 is 5.32 Å². The van der Waals surface area contributed by atoms with Crippen LogP contribution in [0.25, 0.3) is 0 Å². The van der Waals surface area contributed by atoms with Crippen LogP contribution in [0, 0.1) is 17.8 Å². The Morgan fingerprint density at radius 3 is 2.56 bits per heavy atom. The molecule has 96 valence electrons. The van der Waals surface area contributed by atoms with Crippen molar-refractivity contribution >= 4 is 5.91 Å². The van der Waals surface area contributed by atoms with Crippen LogP contribution in [0.1, 0.15) is 31.7 Å². The smallest absolute Gasteiger partial charge is 0.223 e. The molecule has 0 heterocycles. The Labute approximate surface area is 109 Å². The highest BCUT2D eigenvalue weighted by atomic mass is 16.1. The van der Waals surface area contributed by atoms with E-state index in [2.05, 4.69) is 24.4 Å². The summed E-state index contributed by atoms with van der Waals surface area (Å²) in [6.07, 6.45) is 4.57. The van der Waals surface area contributed by atoms with Crippen molar-refractivity contribution in [3.05, 3.63) is 35.9 Å². The molecular formula is C16H21NO. The van der Waals surface area contributed by atoms with Gasteiger partial charge in [0.25, 0.3) is 0 Å². The second-order valence-electron chi connectivity index (χ2n) is 6.02. The molecule has 0 bridgehead atoms. The van der Waals surface area contributed by atoms with E-state index >= 15 is 0 Å². The fourth-order valence-corrected chi connectivity index (χ4v) is 3.31. The Bertz CT molecular complexity index is 418. The maximum absolute atomic E-state index is 12.1. The minimum absolute atomic E-state index is 0.233. The molecule has 1 N–H and O–H groups in total. The Kier molecular flexibility index (Phi) is 3.11. The molecule has 0 aromatic heterocycles. The molecule has 0 saturated heterocycles. The van der Waals surface area contributed by atoms with Crippen LogP contribution in [0.3, 0.4) is 0 Å². The van der Waals surface area contributed by atoms with Gasteiger partial charge >= 0.3 is 0 Å². The van der Waals surface area contributed by atoms with E-state index in [9.17, 15) is 4.79 Å². The van der Waals surface area contributed by atoms with Crippen molar-refractivity contribution in [1.82, 2.24) is 5.32 Å². The van der Waals surface area contributed by atoms with Gasteiger partial charge in [0.15, 0.2) is 0 Å². The molecule has 1 aromatic rings. The average molecular weight is 243 g/mol. The van der Waals surface area contributed by atoms with Gasteiger partial charge in [-0.15, -0.1) is 0 Å². The van der Waals surface area contributed by atoms with Crippen LogP contribution in [0.4, 0.5) is 0 Å². The van der Waals surface area contributed by atoms with E-state index in [0.717, 1.165) is 31.1 Å². The third-order valence-electron chi connectivity index (χ3n) is 4.39. The number of carbonyl (C=O) groups excluding carboxylic acids is 1. The van der Waals surface area contributed by atoms with E-state index in [1.165, 1.54) is 12.0 Å². The van der Waals surface area contributed by atoms with E-state index in [0.29, 0.717) is 5.92 Å². The van der Waals surface area contributed by atoms with E-state index < -0.39 is 0 Å². The van der Waals surface area contributed by atoms with Crippen LogP contribution in [0.5, 0.6) is 0 Å². The van der Waals surface area contributed by atoms with Gasteiger partial charge in [-0.1, -0.05) is 30.3 Å². The van der Waals surface area contributed by atoms with Crippen LogP contribution in [0.2, 0.25) is 0 Å². The van der Waals surface area contributed by atoms with Crippen LogP contribution >= 0.6 is 0 Å². The van der Waals surface area contributed by atoms with Crippen LogP contribution in [0.15, 0.2) is 30.3 Å². The Balaban J connectivity index is 1.48. The lowest BCUT2D eigenvalue weighted by Crippen LogP contribution is -2.38. The predicted octanol–water partition coefficient (Wildman–Crippen LogP) is 2.78. The zero-order chi connectivity index (χ0) is 12.5. The number of fused-ring (bicyclic) bond motifs is 1. The summed E-state index contributed by atoms with van der Waals surface area (Å²) in [5, 5.41) is 3.17. The minimum Gasteiger partial charge on any atom is -0.353 e. The molecule has 2 nitrogen and oxygen atoms in total. The predicted molar refractivity (Wildman–Crippen MR) is 72.1 cm³/mol. The van der Waals surface area contributed by atoms with E-state index in [1.54, 1.807) is 0 Å². The Morgan fingerprint density at radius 2 is 1.89 bits per heavy atom. The number of benzene rings is 1. The van der Waals surface area contributed by atoms with Gasteiger partial charge in [-0.2, -0.15) is 0 Å². The summed E-state index contributed by atoms with van der Waals surface area (Å²) in [6, 6.07) is 10.6. The van der Waals surface area contributed by atoms with Crippen molar-refractivity contribution in [3.8, 4) is 0 Å². The van der Waals surface area contributed by atoms with Gasteiger partial charge in [0.05, 0.1) is 0 Å². The second kappa shape index (κ2) is 4.75. The summed E-state index contributed by atoms with van der Waals surface area (Å²) >= 11 is 0. The quantitative estimate of drug-likeness (QED) is 0.865. The number of carbonyl (C=O) groups is 1. The molecule has 3 unspecified atom stereocenters. The Hall–Kier alpha value is -1.31. The topological polar surface area (TPSA) is 29.1 Å². The summed E-state index contributed by atoms with van der Waals surface area (Å²) in [6.45, 7) is 2.10. The molecule has 1 aromatic carbocycles. The van der Waals surface area contributed by atoms with E-state index in [-0.39, 0.29) is 11.9 Å². The molecule has 3 atom stereocenters. The second-order valence-corrected chi connectivity index (χ2v) is 6.02. The van der Waals surface area contributed by atoms with Crippen molar-refractivity contribution in [2.45, 2.75) is 38.6 Å². The standard InChI is InChI=1S/C16H21NO/c1-11(7-12-5-3-2-4-6-12)17-16(18)15-9-13-8-14(13)10-15/h2-6,11,13-15H,7-10H2,1H3,(H,17,18). The normalized spacial score (nSPS) is 30.6. The van der Waals surface area contributed by atoms with Crippen LogP contribution in [-0.4, -0.2) is 11.9 Å². The summed E-state index contributed by atoms with van der Waals surface area (Å²) in [7, 11) is 0. The first kappa shape index (κ1) is 11.8. The number of amides is 1. The highest BCUT2D eigenvalue weighted by Gasteiger charge is 2.48. The largest absolute Gasteiger partial charge is 0.353 e. The molecule has 2 fully saturated rings. The van der Waals surface area contributed by atoms with Crippen molar-refractivity contribution in [1.29, 1.82) is 0 Å². The lowest BCUT2D eigenvalue weighted by Gasteiger charge is -2.18. The summed E-state index contributed by atoms with van der Waals surface area (Å²) in [4.78, 5) is 12.1. The molecule has 2 aliphatic rings. The number of rotatable bonds is 4. The molecule has 2 saturated carbocycles.